The second kappa shape index (κ2) is 28.3. The number of aryl methyl sites for hydroxylation is 12. The smallest absolute Gasteiger partial charge is 0.0408 e. The molecule has 0 atom stereocenters. The number of hydrogen-bond donors (Lipinski definition) is 0. The van der Waals surface area contributed by atoms with E-state index in [-0.39, 0.29) is 44.6 Å². The van der Waals surface area contributed by atoms with E-state index in [1.54, 1.807) is 0 Å². The van der Waals surface area contributed by atoms with Crippen LogP contribution in [0.4, 0.5) is 0 Å². The van der Waals surface area contributed by atoms with Gasteiger partial charge in [-0.3, -0.25) is 0 Å². The highest BCUT2D eigenvalue weighted by atomic mass is 14.2. The van der Waals surface area contributed by atoms with Crippen molar-refractivity contribution >= 4 is 64.6 Å². The van der Waals surface area contributed by atoms with Gasteiger partial charge >= 0.3 is 0 Å². The molecule has 9 aromatic carbocycles. The van der Waals surface area contributed by atoms with Crippen LogP contribution in [-0.4, -0.2) is 0 Å². The van der Waals surface area contributed by atoms with Gasteiger partial charge in [-0.05, 0) is 218 Å². The van der Waals surface area contributed by atoms with E-state index < -0.39 is 0 Å². The highest BCUT2D eigenvalue weighted by Crippen LogP contribution is 2.41. The normalized spacial score (nSPS) is 9.46. The molecule has 0 unspecified atom stereocenters. The lowest BCUT2D eigenvalue weighted by molar-refractivity contribution is 1.36. The molecule has 0 N–H and O–H groups in total. The van der Waals surface area contributed by atoms with Crippen LogP contribution in [0.2, 0.25) is 0 Å². The van der Waals surface area contributed by atoms with Crippen LogP contribution in [0.1, 0.15) is 186 Å². The molecule has 0 nitrogen and oxygen atoms in total. The average molecular weight is 1030 g/mol. The number of fused-ring (bicyclic) bond motifs is 6. The van der Waals surface area contributed by atoms with Crippen molar-refractivity contribution in [3.63, 3.8) is 0 Å². The quantitative estimate of drug-likeness (QED) is 0.105. The Bertz CT molecular complexity index is 3900. The van der Waals surface area contributed by atoms with Crippen molar-refractivity contribution in [2.24, 2.45) is 0 Å². The van der Waals surface area contributed by atoms with E-state index >= 15 is 0 Å². The lowest BCUT2D eigenvalue weighted by atomic mass is 9.85. The number of hydrogen-bond acceptors (Lipinski definition) is 0. The minimum absolute atomic E-state index is 0. The summed E-state index contributed by atoms with van der Waals surface area (Å²) in [5.74, 6) is 39.0. The molecule has 0 aliphatic rings. The third kappa shape index (κ3) is 11.9. The third-order valence-electron chi connectivity index (χ3n) is 14.9. The third-order valence-corrected chi connectivity index (χ3v) is 14.9. The molecule has 402 valence electrons. The molecule has 0 spiro atoms. The van der Waals surface area contributed by atoms with E-state index in [1.807, 2.05) is 41.5 Å². The average Bonchev–Trinajstić information content (AvgIpc) is 3.36. The van der Waals surface area contributed by atoms with Crippen molar-refractivity contribution in [1.82, 2.24) is 0 Å². The van der Waals surface area contributed by atoms with Crippen LogP contribution in [0.3, 0.4) is 0 Å². The highest BCUT2D eigenvalue weighted by molar-refractivity contribution is 6.15. The lowest BCUT2D eigenvalue weighted by Crippen LogP contribution is -1.97. The standard InChI is InChI=1S/3C24H22.6CH4/c1-7-9-19-21-13-11-16(4)18(6)24(21)20(10-8-2)22-14-12-15(3)17(5)23(19)22;1-7-9-19-20-13-11-15(3)17(5)23(20)22(10-8-2)24-18(6)16(4)12-14-21(19)24;1-7-9-19-20-14-13-15(3)18(6)24(20)21(10-8-2)23-17(5)12-11-16(4)22(19)23;;;;;;/h3*11-14H,1-6H3;6*1H4. The van der Waals surface area contributed by atoms with Crippen molar-refractivity contribution in [2.45, 2.75) is 169 Å². The maximum Gasteiger partial charge on any atom is 0.0408 e. The Hall–Kier alpha value is -8.10. The fourth-order valence-corrected chi connectivity index (χ4v) is 10.5. The second-order valence-corrected chi connectivity index (χ2v) is 19.1. The van der Waals surface area contributed by atoms with Gasteiger partial charge in [0.15, 0.2) is 0 Å². The van der Waals surface area contributed by atoms with E-state index in [0.717, 1.165) is 33.4 Å². The summed E-state index contributed by atoms with van der Waals surface area (Å²) in [6.45, 7) is 37.5. The molecule has 0 aliphatic heterocycles. The van der Waals surface area contributed by atoms with Gasteiger partial charge in [-0.1, -0.05) is 153 Å². The van der Waals surface area contributed by atoms with E-state index in [4.69, 9.17) is 0 Å². The fraction of sp³-hybridized carbons (Fsp3) is 0.308. The molecule has 0 aliphatic carbocycles. The topological polar surface area (TPSA) is 0 Å². The number of rotatable bonds is 0. The highest BCUT2D eigenvalue weighted by Gasteiger charge is 2.20. The minimum atomic E-state index is 0. The molecule has 9 aromatic rings. The van der Waals surface area contributed by atoms with Crippen molar-refractivity contribution in [1.29, 1.82) is 0 Å². The summed E-state index contributed by atoms with van der Waals surface area (Å²) in [5.41, 5.74) is 22.3. The van der Waals surface area contributed by atoms with Gasteiger partial charge in [-0.15, -0.1) is 35.5 Å². The van der Waals surface area contributed by atoms with Gasteiger partial charge in [0.2, 0.25) is 0 Å². The summed E-state index contributed by atoms with van der Waals surface area (Å²) in [7, 11) is 0. The number of benzene rings is 9. The molecule has 0 saturated heterocycles. The summed E-state index contributed by atoms with van der Waals surface area (Å²) >= 11 is 0. The Balaban J connectivity index is 0.000000563. The van der Waals surface area contributed by atoms with Crippen LogP contribution in [0.25, 0.3) is 64.6 Å². The molecule has 0 heterocycles. The van der Waals surface area contributed by atoms with Crippen molar-refractivity contribution in [2.75, 3.05) is 0 Å². The summed E-state index contributed by atoms with van der Waals surface area (Å²) in [6, 6.07) is 26.4. The van der Waals surface area contributed by atoms with Gasteiger partial charge in [-0.25, -0.2) is 0 Å². The van der Waals surface area contributed by atoms with Crippen molar-refractivity contribution in [3.05, 3.63) is 173 Å². The molecule has 78 heavy (non-hydrogen) atoms. The van der Waals surface area contributed by atoms with Gasteiger partial charge in [0.1, 0.15) is 0 Å². The van der Waals surface area contributed by atoms with Gasteiger partial charge in [0.25, 0.3) is 0 Å². The van der Waals surface area contributed by atoms with E-state index in [2.05, 4.69) is 227 Å². The molecule has 0 fully saturated rings. The van der Waals surface area contributed by atoms with E-state index in [0.29, 0.717) is 0 Å². The first-order chi connectivity index (χ1) is 34.5. The van der Waals surface area contributed by atoms with Gasteiger partial charge < -0.3 is 0 Å². The molecule has 0 radical (unpaired) electrons. The molecule has 0 saturated carbocycles. The first-order valence-corrected chi connectivity index (χ1v) is 25.0. The maximum atomic E-state index is 3.40. The van der Waals surface area contributed by atoms with Crippen LogP contribution in [0, 0.1) is 154 Å². The van der Waals surface area contributed by atoms with Crippen LogP contribution in [-0.2, 0) is 0 Å². The predicted octanol–water partition coefficient (Wildman–Crippen LogP) is 21.7. The molecular weight excluding hydrogens is 937 g/mol. The zero-order valence-corrected chi connectivity index (χ0v) is 45.9. The minimum Gasteiger partial charge on any atom is -0.101 e. The predicted molar refractivity (Wildman–Crippen MR) is 357 cm³/mol. The molecule has 0 heteroatoms. The van der Waals surface area contributed by atoms with Crippen molar-refractivity contribution < 1.29 is 0 Å². The van der Waals surface area contributed by atoms with Gasteiger partial charge in [0, 0.05) is 71.1 Å². The second-order valence-electron chi connectivity index (χ2n) is 19.1. The van der Waals surface area contributed by atoms with Crippen LogP contribution in [0.5, 0.6) is 0 Å². The monoisotopic (exact) mass is 1030 g/mol. The summed E-state index contributed by atoms with van der Waals surface area (Å²) < 4.78 is 0. The van der Waals surface area contributed by atoms with E-state index in [1.165, 1.54) is 131 Å². The van der Waals surface area contributed by atoms with Crippen LogP contribution >= 0.6 is 0 Å². The van der Waals surface area contributed by atoms with Crippen LogP contribution < -0.4 is 0 Å². The Kier molecular flexibility index (Phi) is 24.7. The SMILES string of the molecule is C.C.C.C.C.C.CC#Cc1c2ccc(C)c(C)c2c(C#CC)c2c(C)c(C)ccc12.CC#Cc1c2ccc(C)c(C)c2c(C#CC)c2c(C)ccc(C)c12.CC#Cc1c2ccc(C)c(C)c2c(C#CC)c2ccc(C)c(C)c12. The fourth-order valence-electron chi connectivity index (χ4n) is 10.5. The zero-order chi connectivity index (χ0) is 52.3. The largest absolute Gasteiger partial charge is 0.101 e. The first-order valence-electron chi connectivity index (χ1n) is 25.0. The van der Waals surface area contributed by atoms with Gasteiger partial charge in [-0.2, -0.15) is 0 Å². The Morgan fingerprint density at radius 2 is 0.359 bits per heavy atom. The maximum absolute atomic E-state index is 3.40. The summed E-state index contributed by atoms with van der Waals surface area (Å²) in [4.78, 5) is 0. The Morgan fingerprint density at radius 3 is 0.615 bits per heavy atom. The molecular formula is C78H90. The summed E-state index contributed by atoms with van der Waals surface area (Å²) in [6.07, 6.45) is 0. The summed E-state index contributed by atoms with van der Waals surface area (Å²) in [5, 5.41) is 14.8. The molecule has 0 bridgehead atoms. The first kappa shape index (κ1) is 67.9. The van der Waals surface area contributed by atoms with Gasteiger partial charge in [0.05, 0.1) is 0 Å². The zero-order valence-electron chi connectivity index (χ0n) is 45.9. The molecule has 0 aromatic heterocycles. The Labute approximate surface area is 475 Å². The van der Waals surface area contributed by atoms with Crippen molar-refractivity contribution in [3.8, 4) is 71.0 Å². The van der Waals surface area contributed by atoms with Crippen LogP contribution in [0.15, 0.2) is 72.8 Å². The lowest BCUT2D eigenvalue weighted by Gasteiger charge is -2.17. The van der Waals surface area contributed by atoms with E-state index in [9.17, 15) is 0 Å². The molecule has 9 rings (SSSR count). The molecule has 0 amide bonds. The Morgan fingerprint density at radius 1 is 0.192 bits per heavy atom.